The second kappa shape index (κ2) is 8.48. The molecule has 2 aromatic heterocycles. The van der Waals surface area contributed by atoms with Crippen molar-refractivity contribution in [2.24, 2.45) is 0 Å². The van der Waals surface area contributed by atoms with Gasteiger partial charge in [0.15, 0.2) is 5.65 Å². The number of carbonyl (C=O) groups excluding carboxylic acids is 1. The van der Waals surface area contributed by atoms with Gasteiger partial charge in [-0.05, 0) is 29.7 Å². The van der Waals surface area contributed by atoms with Crippen LogP contribution >= 0.6 is 0 Å². The predicted octanol–water partition coefficient (Wildman–Crippen LogP) is 3.61. The summed E-state index contributed by atoms with van der Waals surface area (Å²) in [6.07, 6.45) is 3.52. The van der Waals surface area contributed by atoms with Gasteiger partial charge in [-0.15, -0.1) is 10.2 Å². The van der Waals surface area contributed by atoms with Crippen molar-refractivity contribution in [1.82, 2.24) is 19.9 Å². The molecular weight excluding hydrogens is 348 g/mol. The largest absolute Gasteiger partial charge is 0.355 e. The summed E-state index contributed by atoms with van der Waals surface area (Å²) in [7, 11) is 0. The zero-order valence-corrected chi connectivity index (χ0v) is 15.5. The molecule has 0 aliphatic rings. The second-order valence-corrected chi connectivity index (χ2v) is 6.69. The van der Waals surface area contributed by atoms with E-state index in [0.717, 1.165) is 35.4 Å². The lowest BCUT2D eigenvalue weighted by Gasteiger charge is -2.18. The number of rotatable bonds is 7. The topological polar surface area (TPSA) is 59.3 Å². The van der Waals surface area contributed by atoms with Gasteiger partial charge in [0, 0.05) is 19.2 Å². The van der Waals surface area contributed by atoms with Gasteiger partial charge < -0.3 is 5.32 Å². The van der Waals surface area contributed by atoms with Crippen molar-refractivity contribution < 1.29 is 4.79 Å². The van der Waals surface area contributed by atoms with Crippen LogP contribution in [0, 0.1) is 0 Å². The van der Waals surface area contributed by atoms with E-state index in [2.05, 4.69) is 15.5 Å². The fourth-order valence-electron chi connectivity index (χ4n) is 3.41. The van der Waals surface area contributed by atoms with Gasteiger partial charge in [-0.3, -0.25) is 9.20 Å². The Hall–Kier alpha value is -3.47. The third-order valence-electron chi connectivity index (χ3n) is 4.79. The molecule has 5 heteroatoms. The van der Waals surface area contributed by atoms with Crippen LogP contribution in [0.15, 0.2) is 85.1 Å². The van der Waals surface area contributed by atoms with Crippen molar-refractivity contribution in [3.8, 4) is 0 Å². The first-order valence-electron chi connectivity index (χ1n) is 9.49. The van der Waals surface area contributed by atoms with Crippen LogP contribution in [0.5, 0.6) is 0 Å². The van der Waals surface area contributed by atoms with Gasteiger partial charge >= 0.3 is 0 Å². The Bertz CT molecular complexity index is 1000. The highest BCUT2D eigenvalue weighted by atomic mass is 16.1. The molecule has 28 heavy (non-hydrogen) atoms. The predicted molar refractivity (Wildman–Crippen MR) is 109 cm³/mol. The Balaban J connectivity index is 1.41. The maximum atomic E-state index is 13.0. The van der Waals surface area contributed by atoms with E-state index in [4.69, 9.17) is 0 Å². The summed E-state index contributed by atoms with van der Waals surface area (Å²) in [6.45, 7) is 0.594. The van der Waals surface area contributed by atoms with Crippen LogP contribution in [0.4, 0.5) is 0 Å². The summed E-state index contributed by atoms with van der Waals surface area (Å²) in [5.41, 5.74) is 2.83. The first-order valence-corrected chi connectivity index (χ1v) is 9.49. The number of carbonyl (C=O) groups is 1. The molecule has 0 fully saturated rings. The quantitative estimate of drug-likeness (QED) is 0.506. The number of pyridine rings is 1. The van der Waals surface area contributed by atoms with Gasteiger partial charge in [-0.1, -0.05) is 66.7 Å². The lowest BCUT2D eigenvalue weighted by molar-refractivity contribution is -0.121. The maximum Gasteiger partial charge on any atom is 0.232 e. The Labute approximate surface area is 164 Å². The van der Waals surface area contributed by atoms with Crippen molar-refractivity contribution in [2.75, 3.05) is 6.54 Å². The number of nitrogens with zero attached hydrogens (tertiary/aromatic N) is 3. The summed E-state index contributed by atoms with van der Waals surface area (Å²) >= 11 is 0. The first-order chi connectivity index (χ1) is 13.8. The Morgan fingerprint density at radius 1 is 0.857 bits per heavy atom. The van der Waals surface area contributed by atoms with Gasteiger partial charge in [0.1, 0.15) is 5.82 Å². The molecule has 0 aliphatic heterocycles. The molecule has 4 aromatic rings. The van der Waals surface area contributed by atoms with Crippen LogP contribution in [0.1, 0.15) is 29.3 Å². The van der Waals surface area contributed by atoms with E-state index in [-0.39, 0.29) is 11.8 Å². The summed E-state index contributed by atoms with van der Waals surface area (Å²) in [5, 5.41) is 11.5. The molecule has 1 N–H and O–H groups in total. The first kappa shape index (κ1) is 17.9. The number of fused-ring (bicyclic) bond motifs is 1. The summed E-state index contributed by atoms with van der Waals surface area (Å²) in [5.74, 6) is 0.618. The van der Waals surface area contributed by atoms with E-state index in [1.165, 1.54) is 0 Å². The number of hydrogen-bond donors (Lipinski definition) is 1. The standard InChI is InChI=1S/C23H22N4O/c28-23(22(18-10-3-1-4-11-18)19-12-5-2-6-13-19)24-16-9-15-21-26-25-20-14-7-8-17-27(20)21/h1-8,10-14,17,22H,9,15-16H2,(H,24,28). The number of amides is 1. The van der Waals surface area contributed by atoms with Crippen molar-refractivity contribution in [3.63, 3.8) is 0 Å². The third kappa shape index (κ3) is 3.93. The minimum atomic E-state index is -0.309. The molecule has 2 aromatic carbocycles. The van der Waals surface area contributed by atoms with Crippen LogP contribution in [-0.4, -0.2) is 27.0 Å². The summed E-state index contributed by atoms with van der Waals surface area (Å²) in [4.78, 5) is 13.0. The van der Waals surface area contributed by atoms with E-state index in [0.29, 0.717) is 6.54 Å². The van der Waals surface area contributed by atoms with Crippen molar-refractivity contribution >= 4 is 11.6 Å². The molecule has 0 bridgehead atoms. The fourth-order valence-corrected chi connectivity index (χ4v) is 3.41. The van der Waals surface area contributed by atoms with Crippen molar-refractivity contribution in [1.29, 1.82) is 0 Å². The molecule has 0 aliphatic carbocycles. The van der Waals surface area contributed by atoms with Gasteiger partial charge in [0.05, 0.1) is 5.92 Å². The maximum absolute atomic E-state index is 13.0. The molecular formula is C23H22N4O. The van der Waals surface area contributed by atoms with Gasteiger partial charge in [-0.25, -0.2) is 0 Å². The van der Waals surface area contributed by atoms with Crippen molar-refractivity contribution in [2.45, 2.75) is 18.8 Å². The summed E-state index contributed by atoms with van der Waals surface area (Å²) < 4.78 is 1.98. The normalized spacial score (nSPS) is 11.0. The Morgan fingerprint density at radius 3 is 2.18 bits per heavy atom. The number of aromatic nitrogens is 3. The zero-order chi connectivity index (χ0) is 19.2. The molecule has 2 heterocycles. The molecule has 4 rings (SSSR count). The molecule has 0 radical (unpaired) electrons. The molecule has 0 spiro atoms. The van der Waals surface area contributed by atoms with Gasteiger partial charge in [0.2, 0.25) is 5.91 Å². The van der Waals surface area contributed by atoms with E-state index in [1.807, 2.05) is 89.5 Å². The smallest absolute Gasteiger partial charge is 0.232 e. The average molecular weight is 370 g/mol. The average Bonchev–Trinajstić information content (AvgIpc) is 3.16. The number of hydrogen-bond acceptors (Lipinski definition) is 3. The molecule has 1 amide bonds. The SMILES string of the molecule is O=C(NCCCc1nnc2ccccn12)C(c1ccccc1)c1ccccc1. The molecule has 0 saturated carbocycles. The Kier molecular flexibility index (Phi) is 5.43. The van der Waals surface area contributed by atoms with Gasteiger partial charge in [-0.2, -0.15) is 0 Å². The lowest BCUT2D eigenvalue weighted by atomic mass is 9.90. The van der Waals surface area contributed by atoms with Crippen LogP contribution < -0.4 is 5.32 Å². The highest BCUT2D eigenvalue weighted by Gasteiger charge is 2.22. The van der Waals surface area contributed by atoms with Gasteiger partial charge in [0.25, 0.3) is 0 Å². The van der Waals surface area contributed by atoms with E-state index >= 15 is 0 Å². The van der Waals surface area contributed by atoms with Crippen LogP contribution in [0.2, 0.25) is 0 Å². The minimum absolute atomic E-state index is 0.0171. The highest BCUT2D eigenvalue weighted by molar-refractivity contribution is 5.87. The molecule has 0 saturated heterocycles. The second-order valence-electron chi connectivity index (χ2n) is 6.69. The fraction of sp³-hybridized carbons (Fsp3) is 0.174. The monoisotopic (exact) mass is 370 g/mol. The van der Waals surface area contributed by atoms with Crippen LogP contribution in [-0.2, 0) is 11.2 Å². The van der Waals surface area contributed by atoms with Crippen LogP contribution in [0.3, 0.4) is 0 Å². The zero-order valence-electron chi connectivity index (χ0n) is 15.5. The lowest BCUT2D eigenvalue weighted by Crippen LogP contribution is -2.31. The van der Waals surface area contributed by atoms with E-state index < -0.39 is 0 Å². The van der Waals surface area contributed by atoms with E-state index in [1.54, 1.807) is 0 Å². The number of nitrogens with one attached hydrogen (secondary N) is 1. The Morgan fingerprint density at radius 2 is 1.50 bits per heavy atom. The molecule has 0 atom stereocenters. The molecule has 0 unspecified atom stereocenters. The van der Waals surface area contributed by atoms with E-state index in [9.17, 15) is 4.79 Å². The number of aryl methyl sites for hydroxylation is 1. The minimum Gasteiger partial charge on any atom is -0.355 e. The van der Waals surface area contributed by atoms with Crippen LogP contribution in [0.25, 0.3) is 5.65 Å². The third-order valence-corrected chi connectivity index (χ3v) is 4.79. The molecule has 140 valence electrons. The highest BCUT2D eigenvalue weighted by Crippen LogP contribution is 2.24. The summed E-state index contributed by atoms with van der Waals surface area (Å²) in [6, 6.07) is 25.6. The molecule has 5 nitrogen and oxygen atoms in total. The van der Waals surface area contributed by atoms with Crippen molar-refractivity contribution in [3.05, 3.63) is 102 Å². The number of benzene rings is 2.